The second kappa shape index (κ2) is 5.78. The minimum atomic E-state index is -0.830. The van der Waals surface area contributed by atoms with Gasteiger partial charge in [0, 0.05) is 30.5 Å². The molecule has 1 aliphatic rings. The molecule has 1 fully saturated rings. The van der Waals surface area contributed by atoms with Crippen molar-refractivity contribution in [3.8, 4) is 0 Å². The number of carboxylic acids is 1. The Morgan fingerprint density at radius 2 is 2.05 bits per heavy atom. The summed E-state index contributed by atoms with van der Waals surface area (Å²) >= 11 is 0. The highest BCUT2D eigenvalue weighted by Gasteiger charge is 2.20. The van der Waals surface area contributed by atoms with Gasteiger partial charge in [-0.25, -0.2) is 4.79 Å². The summed E-state index contributed by atoms with van der Waals surface area (Å²) < 4.78 is 2.12. The first-order chi connectivity index (χ1) is 9.00. The van der Waals surface area contributed by atoms with Crippen molar-refractivity contribution in [2.24, 2.45) is 0 Å². The number of aryl methyl sites for hydroxylation is 1. The highest BCUT2D eigenvalue weighted by Crippen LogP contribution is 2.22. The third-order valence-electron chi connectivity index (χ3n) is 4.43. The SMILES string of the molecule is Cc1cc(C(=O)O)c(C)n1CCN(C)C1CCCC1. The number of carboxylic acid groups (broad SMARTS) is 1. The number of hydrogen-bond acceptors (Lipinski definition) is 2. The second-order valence-electron chi connectivity index (χ2n) is 5.66. The van der Waals surface area contributed by atoms with Gasteiger partial charge >= 0.3 is 5.97 Å². The number of carbonyl (C=O) groups is 1. The molecule has 1 aromatic rings. The number of rotatable bonds is 5. The summed E-state index contributed by atoms with van der Waals surface area (Å²) in [5, 5.41) is 9.13. The molecule has 1 aliphatic carbocycles. The lowest BCUT2D eigenvalue weighted by atomic mass is 10.2. The maximum absolute atomic E-state index is 11.1. The van der Waals surface area contributed by atoms with Gasteiger partial charge in [-0.2, -0.15) is 0 Å². The van der Waals surface area contributed by atoms with Gasteiger partial charge in [0.2, 0.25) is 0 Å². The average Bonchev–Trinajstić information content (AvgIpc) is 2.96. The number of likely N-dealkylation sites (N-methyl/N-ethyl adjacent to an activating group) is 1. The van der Waals surface area contributed by atoms with Crippen LogP contribution in [0.1, 0.15) is 47.4 Å². The van der Waals surface area contributed by atoms with Crippen LogP contribution in [0.3, 0.4) is 0 Å². The Bertz CT molecular complexity index is 459. The molecule has 0 saturated heterocycles. The fourth-order valence-corrected chi connectivity index (χ4v) is 3.15. The maximum Gasteiger partial charge on any atom is 0.337 e. The van der Waals surface area contributed by atoms with Gasteiger partial charge in [0.05, 0.1) is 5.56 Å². The molecule has 0 radical (unpaired) electrons. The van der Waals surface area contributed by atoms with Crippen LogP contribution >= 0.6 is 0 Å². The predicted molar refractivity (Wildman–Crippen MR) is 75.8 cm³/mol. The summed E-state index contributed by atoms with van der Waals surface area (Å²) in [4.78, 5) is 13.5. The molecule has 1 saturated carbocycles. The summed E-state index contributed by atoms with van der Waals surface area (Å²) in [7, 11) is 2.18. The van der Waals surface area contributed by atoms with Gasteiger partial charge in [-0.1, -0.05) is 12.8 Å². The fraction of sp³-hybridized carbons (Fsp3) is 0.667. The van der Waals surface area contributed by atoms with E-state index in [-0.39, 0.29) is 0 Å². The van der Waals surface area contributed by atoms with Crippen LogP contribution in [0, 0.1) is 13.8 Å². The predicted octanol–water partition coefficient (Wildman–Crippen LogP) is 2.68. The van der Waals surface area contributed by atoms with Crippen LogP contribution in [0.5, 0.6) is 0 Å². The molecular formula is C15H24N2O2. The summed E-state index contributed by atoms with van der Waals surface area (Å²) in [6.45, 7) is 5.74. The van der Waals surface area contributed by atoms with Crippen molar-refractivity contribution in [3.63, 3.8) is 0 Å². The molecule has 0 bridgehead atoms. The van der Waals surface area contributed by atoms with E-state index in [1.54, 1.807) is 6.07 Å². The second-order valence-corrected chi connectivity index (χ2v) is 5.66. The number of nitrogens with zero attached hydrogens (tertiary/aromatic N) is 2. The third-order valence-corrected chi connectivity index (χ3v) is 4.43. The summed E-state index contributed by atoms with van der Waals surface area (Å²) in [5.41, 5.74) is 2.33. The van der Waals surface area contributed by atoms with Crippen LogP contribution in [-0.2, 0) is 6.54 Å². The molecule has 1 N–H and O–H groups in total. The van der Waals surface area contributed by atoms with Crippen molar-refractivity contribution in [3.05, 3.63) is 23.0 Å². The Morgan fingerprint density at radius 3 is 2.58 bits per heavy atom. The van der Waals surface area contributed by atoms with Gasteiger partial charge in [0.1, 0.15) is 0 Å². The zero-order valence-corrected chi connectivity index (χ0v) is 12.1. The summed E-state index contributed by atoms with van der Waals surface area (Å²) in [6, 6.07) is 2.49. The minimum Gasteiger partial charge on any atom is -0.478 e. The van der Waals surface area contributed by atoms with Gasteiger partial charge in [0.15, 0.2) is 0 Å². The molecular weight excluding hydrogens is 240 g/mol. The first-order valence-electron chi connectivity index (χ1n) is 7.11. The summed E-state index contributed by atoms with van der Waals surface area (Å²) in [6.07, 6.45) is 5.31. The minimum absolute atomic E-state index is 0.431. The molecule has 4 nitrogen and oxygen atoms in total. The zero-order chi connectivity index (χ0) is 14.0. The van der Waals surface area contributed by atoms with Gasteiger partial charge in [-0.15, -0.1) is 0 Å². The molecule has 0 atom stereocenters. The first kappa shape index (κ1) is 14.1. The van der Waals surface area contributed by atoms with Gasteiger partial charge in [-0.3, -0.25) is 0 Å². The molecule has 0 spiro atoms. The van der Waals surface area contributed by atoms with Crippen molar-refractivity contribution >= 4 is 5.97 Å². The molecule has 1 aromatic heterocycles. The molecule has 1 heterocycles. The van der Waals surface area contributed by atoms with E-state index in [9.17, 15) is 4.79 Å². The third kappa shape index (κ3) is 3.00. The van der Waals surface area contributed by atoms with E-state index >= 15 is 0 Å². The van der Waals surface area contributed by atoms with E-state index in [0.717, 1.165) is 30.5 Å². The molecule has 0 aromatic carbocycles. The highest BCUT2D eigenvalue weighted by molar-refractivity contribution is 5.89. The molecule has 106 valence electrons. The maximum atomic E-state index is 11.1. The van der Waals surface area contributed by atoms with E-state index in [2.05, 4.69) is 16.5 Å². The van der Waals surface area contributed by atoms with E-state index in [1.807, 2.05) is 13.8 Å². The van der Waals surface area contributed by atoms with E-state index in [1.165, 1.54) is 25.7 Å². The van der Waals surface area contributed by atoms with Crippen molar-refractivity contribution in [2.75, 3.05) is 13.6 Å². The van der Waals surface area contributed by atoms with Crippen LogP contribution in [0.25, 0.3) is 0 Å². The Hall–Kier alpha value is -1.29. The number of aromatic nitrogens is 1. The largest absolute Gasteiger partial charge is 0.478 e. The van der Waals surface area contributed by atoms with Crippen LogP contribution in [0.15, 0.2) is 6.07 Å². The topological polar surface area (TPSA) is 45.5 Å². The molecule has 19 heavy (non-hydrogen) atoms. The lowest BCUT2D eigenvalue weighted by Crippen LogP contribution is -2.32. The molecule has 0 unspecified atom stereocenters. The Labute approximate surface area is 115 Å². The Kier molecular flexibility index (Phi) is 4.30. The van der Waals surface area contributed by atoms with Crippen LogP contribution in [0.4, 0.5) is 0 Å². The first-order valence-corrected chi connectivity index (χ1v) is 7.11. The van der Waals surface area contributed by atoms with Crippen LogP contribution < -0.4 is 0 Å². The van der Waals surface area contributed by atoms with Gasteiger partial charge < -0.3 is 14.6 Å². The monoisotopic (exact) mass is 264 g/mol. The molecule has 2 rings (SSSR count). The lowest BCUT2D eigenvalue weighted by molar-refractivity contribution is 0.0696. The van der Waals surface area contributed by atoms with E-state index in [0.29, 0.717) is 5.56 Å². The fourth-order valence-electron chi connectivity index (χ4n) is 3.15. The number of aromatic carboxylic acids is 1. The van der Waals surface area contributed by atoms with Crippen molar-refractivity contribution < 1.29 is 9.90 Å². The smallest absolute Gasteiger partial charge is 0.337 e. The van der Waals surface area contributed by atoms with Gasteiger partial charge in [0.25, 0.3) is 0 Å². The highest BCUT2D eigenvalue weighted by atomic mass is 16.4. The van der Waals surface area contributed by atoms with Crippen LogP contribution in [-0.4, -0.2) is 40.2 Å². The standard InChI is InChI=1S/C15H24N2O2/c1-11-10-14(15(18)19)12(2)17(11)9-8-16(3)13-6-4-5-7-13/h10,13H,4-9H2,1-3H3,(H,18,19). The number of hydrogen-bond donors (Lipinski definition) is 1. The zero-order valence-electron chi connectivity index (χ0n) is 12.1. The van der Waals surface area contributed by atoms with Crippen LogP contribution in [0.2, 0.25) is 0 Å². The van der Waals surface area contributed by atoms with Crippen molar-refractivity contribution in [1.29, 1.82) is 0 Å². The molecule has 0 aliphatic heterocycles. The normalized spacial score (nSPS) is 16.4. The quantitative estimate of drug-likeness (QED) is 0.889. The van der Waals surface area contributed by atoms with E-state index in [4.69, 9.17) is 5.11 Å². The lowest BCUT2D eigenvalue weighted by Gasteiger charge is -2.24. The Balaban J connectivity index is 2.01. The van der Waals surface area contributed by atoms with Crippen molar-refractivity contribution in [2.45, 2.75) is 52.1 Å². The van der Waals surface area contributed by atoms with Gasteiger partial charge in [-0.05, 0) is 39.8 Å². The molecule has 4 heteroatoms. The Morgan fingerprint density at radius 1 is 1.42 bits per heavy atom. The van der Waals surface area contributed by atoms with E-state index < -0.39 is 5.97 Å². The van der Waals surface area contributed by atoms with Crippen molar-refractivity contribution in [1.82, 2.24) is 9.47 Å². The summed E-state index contributed by atoms with van der Waals surface area (Å²) in [5.74, 6) is -0.830. The molecule has 0 amide bonds. The average molecular weight is 264 g/mol.